The zero-order chi connectivity index (χ0) is 14.5. The van der Waals surface area contributed by atoms with E-state index in [0.29, 0.717) is 13.1 Å². The van der Waals surface area contributed by atoms with Gasteiger partial charge in [0.05, 0.1) is 25.0 Å². The van der Waals surface area contributed by atoms with E-state index in [9.17, 15) is 4.79 Å². The SMILES string of the molecule is Cc1c(CNC(C)C(=O)NCc2ccco2)cnn1C. The maximum atomic E-state index is 11.9. The van der Waals surface area contributed by atoms with Crippen molar-refractivity contribution in [2.45, 2.75) is 33.0 Å². The number of nitrogens with one attached hydrogen (secondary N) is 2. The highest BCUT2D eigenvalue weighted by molar-refractivity contribution is 5.81. The summed E-state index contributed by atoms with van der Waals surface area (Å²) in [6.07, 6.45) is 3.41. The molecule has 1 unspecified atom stereocenters. The normalized spacial score (nSPS) is 12.3. The molecular weight excluding hydrogens is 256 g/mol. The highest BCUT2D eigenvalue weighted by Crippen LogP contribution is 2.05. The Labute approximate surface area is 118 Å². The van der Waals surface area contributed by atoms with Gasteiger partial charge in [-0.2, -0.15) is 5.10 Å². The van der Waals surface area contributed by atoms with E-state index in [1.165, 1.54) is 0 Å². The molecule has 1 atom stereocenters. The van der Waals surface area contributed by atoms with Crippen molar-refractivity contribution < 1.29 is 9.21 Å². The minimum absolute atomic E-state index is 0.0528. The predicted octanol–water partition coefficient (Wildman–Crippen LogP) is 1.12. The molecule has 20 heavy (non-hydrogen) atoms. The fraction of sp³-hybridized carbons (Fsp3) is 0.429. The first kappa shape index (κ1) is 14.3. The van der Waals surface area contributed by atoms with E-state index in [2.05, 4.69) is 15.7 Å². The second-order valence-electron chi connectivity index (χ2n) is 4.78. The summed E-state index contributed by atoms with van der Waals surface area (Å²) >= 11 is 0. The zero-order valence-corrected chi connectivity index (χ0v) is 12.0. The maximum absolute atomic E-state index is 11.9. The Bertz CT molecular complexity index is 560. The van der Waals surface area contributed by atoms with Crippen molar-refractivity contribution in [3.8, 4) is 0 Å². The number of aromatic nitrogens is 2. The number of furan rings is 1. The molecule has 0 aliphatic heterocycles. The van der Waals surface area contributed by atoms with Crippen LogP contribution in [0.2, 0.25) is 0 Å². The number of hydrogen-bond donors (Lipinski definition) is 2. The number of nitrogens with zero attached hydrogens (tertiary/aromatic N) is 2. The third-order valence-corrected chi connectivity index (χ3v) is 3.35. The molecule has 2 rings (SSSR count). The number of rotatable bonds is 6. The Morgan fingerprint density at radius 3 is 2.90 bits per heavy atom. The lowest BCUT2D eigenvalue weighted by Crippen LogP contribution is -2.41. The van der Waals surface area contributed by atoms with Crippen LogP contribution in [-0.2, 0) is 24.9 Å². The molecule has 0 aromatic carbocycles. The molecular formula is C14H20N4O2. The lowest BCUT2D eigenvalue weighted by molar-refractivity contribution is -0.123. The first-order valence-electron chi connectivity index (χ1n) is 6.59. The van der Waals surface area contributed by atoms with Crippen LogP contribution >= 0.6 is 0 Å². The van der Waals surface area contributed by atoms with Gasteiger partial charge in [0.2, 0.25) is 5.91 Å². The van der Waals surface area contributed by atoms with Gasteiger partial charge in [-0.3, -0.25) is 9.48 Å². The second kappa shape index (κ2) is 6.38. The number of amides is 1. The van der Waals surface area contributed by atoms with Crippen LogP contribution in [0.3, 0.4) is 0 Å². The Balaban J connectivity index is 1.77. The number of carbonyl (C=O) groups is 1. The van der Waals surface area contributed by atoms with Gasteiger partial charge in [-0.1, -0.05) is 0 Å². The zero-order valence-electron chi connectivity index (χ0n) is 12.0. The Hall–Kier alpha value is -2.08. The standard InChI is InChI=1S/C14H20N4O2/c1-10(14(19)16-9-13-5-4-6-20-13)15-7-12-8-17-18(3)11(12)2/h4-6,8,10,15H,7,9H2,1-3H3,(H,16,19). The van der Waals surface area contributed by atoms with Crippen molar-refractivity contribution >= 4 is 5.91 Å². The van der Waals surface area contributed by atoms with Crippen LogP contribution in [0.4, 0.5) is 0 Å². The van der Waals surface area contributed by atoms with Crippen molar-refractivity contribution in [1.29, 1.82) is 0 Å². The second-order valence-corrected chi connectivity index (χ2v) is 4.78. The molecule has 108 valence electrons. The number of carbonyl (C=O) groups excluding carboxylic acids is 1. The largest absolute Gasteiger partial charge is 0.467 e. The molecule has 0 radical (unpaired) electrons. The third-order valence-electron chi connectivity index (χ3n) is 3.35. The number of hydrogen-bond acceptors (Lipinski definition) is 4. The summed E-state index contributed by atoms with van der Waals surface area (Å²) in [5.74, 6) is 0.691. The van der Waals surface area contributed by atoms with Crippen LogP contribution < -0.4 is 10.6 Å². The van der Waals surface area contributed by atoms with Crippen LogP contribution in [0.1, 0.15) is 23.9 Å². The van der Waals surface area contributed by atoms with Crippen LogP contribution in [0.5, 0.6) is 0 Å². The van der Waals surface area contributed by atoms with E-state index in [1.54, 1.807) is 12.3 Å². The van der Waals surface area contributed by atoms with Crippen LogP contribution in [-0.4, -0.2) is 21.7 Å². The summed E-state index contributed by atoms with van der Waals surface area (Å²) in [7, 11) is 1.90. The quantitative estimate of drug-likeness (QED) is 0.829. The van der Waals surface area contributed by atoms with Gasteiger partial charge in [0, 0.05) is 24.8 Å². The summed E-state index contributed by atoms with van der Waals surface area (Å²) in [5.41, 5.74) is 2.19. The molecule has 6 heteroatoms. The van der Waals surface area contributed by atoms with E-state index in [-0.39, 0.29) is 11.9 Å². The molecule has 0 bridgehead atoms. The van der Waals surface area contributed by atoms with Gasteiger partial charge in [-0.25, -0.2) is 0 Å². The minimum Gasteiger partial charge on any atom is -0.467 e. The van der Waals surface area contributed by atoms with Crippen molar-refractivity contribution in [1.82, 2.24) is 20.4 Å². The Morgan fingerprint density at radius 2 is 2.30 bits per heavy atom. The van der Waals surface area contributed by atoms with Crippen LogP contribution in [0.15, 0.2) is 29.0 Å². The van der Waals surface area contributed by atoms with Crippen molar-refractivity contribution in [3.05, 3.63) is 41.6 Å². The summed E-state index contributed by atoms with van der Waals surface area (Å²) in [4.78, 5) is 11.9. The van der Waals surface area contributed by atoms with Gasteiger partial charge >= 0.3 is 0 Å². The summed E-state index contributed by atoms with van der Waals surface area (Å²) < 4.78 is 6.98. The minimum atomic E-state index is -0.274. The molecule has 0 spiro atoms. The van der Waals surface area contributed by atoms with Gasteiger partial charge in [0.25, 0.3) is 0 Å². The highest BCUT2D eigenvalue weighted by Gasteiger charge is 2.13. The van der Waals surface area contributed by atoms with E-state index >= 15 is 0 Å². The smallest absolute Gasteiger partial charge is 0.237 e. The predicted molar refractivity (Wildman–Crippen MR) is 74.8 cm³/mol. The van der Waals surface area contributed by atoms with Gasteiger partial charge in [-0.05, 0) is 26.0 Å². The van der Waals surface area contributed by atoms with Crippen molar-refractivity contribution in [3.63, 3.8) is 0 Å². The van der Waals surface area contributed by atoms with E-state index in [1.807, 2.05) is 37.8 Å². The lowest BCUT2D eigenvalue weighted by atomic mass is 10.2. The molecule has 2 aromatic heterocycles. The third kappa shape index (κ3) is 3.48. The molecule has 0 aliphatic rings. The molecule has 2 aromatic rings. The van der Waals surface area contributed by atoms with Gasteiger partial charge in [-0.15, -0.1) is 0 Å². The molecule has 0 saturated heterocycles. The monoisotopic (exact) mass is 276 g/mol. The van der Waals surface area contributed by atoms with E-state index in [4.69, 9.17) is 4.42 Å². The van der Waals surface area contributed by atoms with Crippen LogP contribution in [0, 0.1) is 6.92 Å². The molecule has 6 nitrogen and oxygen atoms in total. The summed E-state index contributed by atoms with van der Waals surface area (Å²) in [6, 6.07) is 3.36. The maximum Gasteiger partial charge on any atom is 0.237 e. The molecule has 0 aliphatic carbocycles. The molecule has 0 fully saturated rings. The topological polar surface area (TPSA) is 72.1 Å². The first-order chi connectivity index (χ1) is 9.58. The molecule has 0 saturated carbocycles. The van der Waals surface area contributed by atoms with Crippen LogP contribution in [0.25, 0.3) is 0 Å². The fourth-order valence-electron chi connectivity index (χ4n) is 1.81. The molecule has 2 N–H and O–H groups in total. The van der Waals surface area contributed by atoms with E-state index < -0.39 is 0 Å². The average Bonchev–Trinajstić information content (AvgIpc) is 3.06. The van der Waals surface area contributed by atoms with Crippen molar-refractivity contribution in [2.24, 2.45) is 7.05 Å². The van der Waals surface area contributed by atoms with Gasteiger partial charge in [0.15, 0.2) is 0 Å². The van der Waals surface area contributed by atoms with Gasteiger partial charge < -0.3 is 15.1 Å². The average molecular weight is 276 g/mol. The summed E-state index contributed by atoms with van der Waals surface area (Å²) in [5, 5.41) is 10.2. The Morgan fingerprint density at radius 1 is 1.50 bits per heavy atom. The number of aryl methyl sites for hydroxylation is 1. The van der Waals surface area contributed by atoms with Crippen molar-refractivity contribution in [2.75, 3.05) is 0 Å². The van der Waals surface area contributed by atoms with E-state index in [0.717, 1.165) is 17.0 Å². The van der Waals surface area contributed by atoms with Gasteiger partial charge in [0.1, 0.15) is 5.76 Å². The molecule has 1 amide bonds. The Kier molecular flexibility index (Phi) is 4.57. The molecule has 2 heterocycles. The highest BCUT2D eigenvalue weighted by atomic mass is 16.3. The summed E-state index contributed by atoms with van der Waals surface area (Å²) in [6.45, 7) is 4.87. The fourth-order valence-corrected chi connectivity index (χ4v) is 1.81. The lowest BCUT2D eigenvalue weighted by Gasteiger charge is -2.13. The first-order valence-corrected chi connectivity index (χ1v) is 6.59.